The fourth-order valence-corrected chi connectivity index (χ4v) is 3.60. The van der Waals surface area contributed by atoms with Crippen LogP contribution in [0.1, 0.15) is 24.3 Å². The third kappa shape index (κ3) is 1.81. The van der Waals surface area contributed by atoms with Crippen LogP contribution in [-0.4, -0.2) is 23.1 Å². The Morgan fingerprint density at radius 1 is 1.64 bits per heavy atom. The van der Waals surface area contributed by atoms with Crippen LogP contribution in [0.15, 0.2) is 16.8 Å². The van der Waals surface area contributed by atoms with Gasteiger partial charge in [0.25, 0.3) is 0 Å². The van der Waals surface area contributed by atoms with Crippen LogP contribution in [0.25, 0.3) is 0 Å². The molecule has 0 aromatic carbocycles. The number of thiophene rings is 1. The molecule has 2 heterocycles. The SMILES string of the molecule is CCCN1C(=O)CSC1c1ccsc1. The van der Waals surface area contributed by atoms with Gasteiger partial charge in [0.15, 0.2) is 0 Å². The van der Waals surface area contributed by atoms with Crippen LogP contribution >= 0.6 is 23.1 Å². The second kappa shape index (κ2) is 4.36. The molecule has 1 aliphatic heterocycles. The number of rotatable bonds is 3. The highest BCUT2D eigenvalue weighted by molar-refractivity contribution is 8.00. The third-order valence-corrected chi connectivity index (χ3v) is 4.22. The molecule has 1 fully saturated rings. The van der Waals surface area contributed by atoms with Gasteiger partial charge in [0.2, 0.25) is 5.91 Å². The van der Waals surface area contributed by atoms with Crippen molar-refractivity contribution >= 4 is 29.0 Å². The average molecular weight is 227 g/mol. The van der Waals surface area contributed by atoms with Gasteiger partial charge in [0.05, 0.1) is 5.75 Å². The Kier molecular flexibility index (Phi) is 3.13. The Morgan fingerprint density at radius 3 is 3.14 bits per heavy atom. The number of thioether (sulfide) groups is 1. The predicted octanol–water partition coefficient (Wildman–Crippen LogP) is 2.73. The lowest BCUT2D eigenvalue weighted by Gasteiger charge is -2.22. The van der Waals surface area contributed by atoms with Gasteiger partial charge in [-0.1, -0.05) is 6.92 Å². The first-order valence-electron chi connectivity index (χ1n) is 4.76. The summed E-state index contributed by atoms with van der Waals surface area (Å²) in [6.07, 6.45) is 1.03. The maximum absolute atomic E-state index is 11.6. The number of nitrogens with zero attached hydrogens (tertiary/aromatic N) is 1. The zero-order valence-electron chi connectivity index (χ0n) is 8.10. The highest BCUT2D eigenvalue weighted by Gasteiger charge is 2.31. The molecule has 1 aliphatic rings. The molecule has 14 heavy (non-hydrogen) atoms. The minimum atomic E-state index is 0.272. The van der Waals surface area contributed by atoms with Crippen LogP contribution < -0.4 is 0 Å². The third-order valence-electron chi connectivity index (χ3n) is 2.26. The fourth-order valence-electron chi connectivity index (χ4n) is 1.63. The number of carbonyl (C=O) groups is 1. The molecule has 1 saturated heterocycles. The second-order valence-corrected chi connectivity index (χ2v) is 5.16. The molecule has 1 aromatic heterocycles. The Morgan fingerprint density at radius 2 is 2.50 bits per heavy atom. The van der Waals surface area contributed by atoms with Gasteiger partial charge >= 0.3 is 0 Å². The molecule has 0 radical (unpaired) electrons. The Balaban J connectivity index is 2.15. The van der Waals surface area contributed by atoms with Crippen molar-refractivity contribution < 1.29 is 4.79 Å². The highest BCUT2D eigenvalue weighted by atomic mass is 32.2. The van der Waals surface area contributed by atoms with E-state index in [9.17, 15) is 4.79 Å². The van der Waals surface area contributed by atoms with Gasteiger partial charge in [-0.05, 0) is 28.8 Å². The zero-order chi connectivity index (χ0) is 9.97. The zero-order valence-corrected chi connectivity index (χ0v) is 9.74. The van der Waals surface area contributed by atoms with Crippen LogP contribution in [0.4, 0.5) is 0 Å². The largest absolute Gasteiger partial charge is 0.326 e. The summed E-state index contributed by atoms with van der Waals surface area (Å²) < 4.78 is 0. The molecule has 2 nitrogen and oxygen atoms in total. The molecular weight excluding hydrogens is 214 g/mol. The summed E-state index contributed by atoms with van der Waals surface area (Å²) in [6, 6.07) is 2.11. The van der Waals surface area contributed by atoms with Gasteiger partial charge in [-0.15, -0.1) is 11.8 Å². The summed E-state index contributed by atoms with van der Waals surface area (Å²) in [5.41, 5.74) is 1.28. The van der Waals surface area contributed by atoms with E-state index in [1.807, 2.05) is 4.90 Å². The van der Waals surface area contributed by atoms with Crippen LogP contribution in [0.3, 0.4) is 0 Å². The monoisotopic (exact) mass is 227 g/mol. The van der Waals surface area contributed by atoms with Crippen molar-refractivity contribution in [3.05, 3.63) is 22.4 Å². The maximum atomic E-state index is 11.6. The first-order valence-corrected chi connectivity index (χ1v) is 6.75. The molecular formula is C10H13NOS2. The molecule has 1 amide bonds. The van der Waals surface area contributed by atoms with Crippen molar-refractivity contribution in [2.75, 3.05) is 12.3 Å². The molecule has 1 aromatic rings. The van der Waals surface area contributed by atoms with E-state index in [0.717, 1.165) is 13.0 Å². The van der Waals surface area contributed by atoms with E-state index < -0.39 is 0 Å². The van der Waals surface area contributed by atoms with E-state index in [1.165, 1.54) is 5.56 Å². The molecule has 2 rings (SSSR count). The Bertz CT molecular complexity index is 310. The lowest BCUT2D eigenvalue weighted by Crippen LogP contribution is -2.28. The van der Waals surface area contributed by atoms with Gasteiger partial charge in [-0.3, -0.25) is 4.79 Å². The summed E-state index contributed by atoms with van der Waals surface area (Å²) in [5.74, 6) is 0.925. The van der Waals surface area contributed by atoms with Crippen LogP contribution in [0.2, 0.25) is 0 Å². The quantitative estimate of drug-likeness (QED) is 0.791. The smallest absolute Gasteiger partial charge is 0.233 e. The van der Waals surface area contributed by atoms with Crippen LogP contribution in [0, 0.1) is 0 Å². The van der Waals surface area contributed by atoms with Gasteiger partial charge < -0.3 is 4.90 Å². The summed E-state index contributed by atoms with van der Waals surface area (Å²) in [6.45, 7) is 2.99. The molecule has 0 aliphatic carbocycles. The van der Waals surface area contributed by atoms with Crippen molar-refractivity contribution in [3.8, 4) is 0 Å². The Hall–Kier alpha value is -0.480. The summed E-state index contributed by atoms with van der Waals surface area (Å²) in [5, 5.41) is 4.48. The fraction of sp³-hybridized carbons (Fsp3) is 0.500. The number of carbonyl (C=O) groups excluding carboxylic acids is 1. The topological polar surface area (TPSA) is 20.3 Å². The minimum Gasteiger partial charge on any atom is -0.326 e. The number of hydrogen-bond donors (Lipinski definition) is 0. The summed E-state index contributed by atoms with van der Waals surface area (Å²) in [7, 11) is 0. The lowest BCUT2D eigenvalue weighted by atomic mass is 10.3. The van der Waals surface area contributed by atoms with Gasteiger partial charge in [-0.25, -0.2) is 0 Å². The van der Waals surface area contributed by atoms with Crippen molar-refractivity contribution in [2.24, 2.45) is 0 Å². The molecule has 1 atom stereocenters. The van der Waals surface area contributed by atoms with E-state index in [1.54, 1.807) is 23.1 Å². The lowest BCUT2D eigenvalue weighted by molar-refractivity contribution is -0.128. The van der Waals surface area contributed by atoms with Crippen LogP contribution in [-0.2, 0) is 4.79 Å². The van der Waals surface area contributed by atoms with Gasteiger partial charge in [0, 0.05) is 6.54 Å². The van der Waals surface area contributed by atoms with E-state index >= 15 is 0 Å². The second-order valence-electron chi connectivity index (χ2n) is 3.31. The van der Waals surface area contributed by atoms with Crippen molar-refractivity contribution in [1.29, 1.82) is 0 Å². The molecule has 0 saturated carbocycles. The van der Waals surface area contributed by atoms with Crippen molar-refractivity contribution in [2.45, 2.75) is 18.7 Å². The maximum Gasteiger partial charge on any atom is 0.233 e. The molecule has 76 valence electrons. The van der Waals surface area contributed by atoms with E-state index in [-0.39, 0.29) is 11.3 Å². The summed E-state index contributed by atoms with van der Waals surface area (Å²) >= 11 is 3.44. The predicted molar refractivity (Wildman–Crippen MR) is 61.5 cm³/mol. The summed E-state index contributed by atoms with van der Waals surface area (Å²) in [4.78, 5) is 13.6. The first kappa shape index (κ1) is 10.1. The number of amides is 1. The van der Waals surface area contributed by atoms with Gasteiger partial charge in [-0.2, -0.15) is 11.3 Å². The molecule has 4 heteroatoms. The van der Waals surface area contributed by atoms with E-state index in [0.29, 0.717) is 5.75 Å². The normalized spacial score (nSPS) is 21.9. The molecule has 1 unspecified atom stereocenters. The van der Waals surface area contributed by atoms with Gasteiger partial charge in [0.1, 0.15) is 5.37 Å². The molecule has 0 spiro atoms. The van der Waals surface area contributed by atoms with E-state index in [4.69, 9.17) is 0 Å². The standard InChI is InChI=1S/C10H13NOS2/c1-2-4-11-9(12)7-14-10(11)8-3-5-13-6-8/h3,5-6,10H,2,4,7H2,1H3. The van der Waals surface area contributed by atoms with Crippen LogP contribution in [0.5, 0.6) is 0 Å². The average Bonchev–Trinajstić information content (AvgIpc) is 2.77. The minimum absolute atomic E-state index is 0.272. The highest BCUT2D eigenvalue weighted by Crippen LogP contribution is 2.39. The number of hydrogen-bond acceptors (Lipinski definition) is 3. The first-order chi connectivity index (χ1) is 6.83. The van der Waals surface area contributed by atoms with Crippen molar-refractivity contribution in [3.63, 3.8) is 0 Å². The Labute approximate surface area is 92.3 Å². The van der Waals surface area contributed by atoms with Crippen molar-refractivity contribution in [1.82, 2.24) is 4.90 Å². The molecule has 0 N–H and O–H groups in total. The van der Waals surface area contributed by atoms with E-state index in [2.05, 4.69) is 23.8 Å². The molecule has 0 bridgehead atoms.